The maximum atomic E-state index is 13.5. The van der Waals surface area contributed by atoms with Crippen molar-refractivity contribution in [2.75, 3.05) is 5.73 Å². The number of anilines is 1. The molecule has 12 N–H and O–H groups in total. The molecule has 0 aliphatic carbocycles. The Hall–Kier alpha value is -18.8. The van der Waals surface area contributed by atoms with Gasteiger partial charge in [-0.2, -0.15) is 0 Å². The third-order valence-electron chi connectivity index (χ3n) is 24.4. The molecule has 0 amide bonds. The molecule has 0 unspecified atom stereocenters. The number of aryl methyl sites for hydroxylation is 2. The molecule has 23 heteroatoms. The van der Waals surface area contributed by atoms with Crippen molar-refractivity contribution in [1.29, 1.82) is 0 Å². The number of nitrogens with one attached hydrogen (secondary N) is 8. The van der Waals surface area contributed by atoms with Crippen LogP contribution in [0.5, 0.6) is 5.75 Å². The second kappa shape index (κ2) is 36.2. The molecule has 20 nitrogen and oxygen atoms in total. The van der Waals surface area contributed by atoms with E-state index in [4.69, 9.17) is 35.8 Å². The van der Waals surface area contributed by atoms with E-state index >= 15 is 0 Å². The molecule has 0 spiro atoms. The maximum Gasteiger partial charge on any atom is 0.335 e. The smallest absolute Gasteiger partial charge is 0.335 e. The van der Waals surface area contributed by atoms with E-state index in [-0.39, 0.29) is 34.5 Å². The second-order valence-corrected chi connectivity index (χ2v) is 33.1. The lowest BCUT2D eigenvalue weighted by molar-refractivity contribution is -0.384. The first-order chi connectivity index (χ1) is 66.9. The maximum absolute atomic E-state index is 13.5. The van der Waals surface area contributed by atoms with Gasteiger partial charge in [-0.1, -0.05) is 212 Å². The number of benzene rings is 17. The van der Waals surface area contributed by atoms with Gasteiger partial charge in [-0.05, 0) is 181 Å². The number of fused-ring (bicyclic) bond motifs is 15. The van der Waals surface area contributed by atoms with Crippen LogP contribution in [0.3, 0.4) is 0 Å². The number of nitro groups is 1. The normalized spacial score (nSPS) is 11.3. The van der Waals surface area contributed by atoms with E-state index in [2.05, 4.69) is 107 Å². The van der Waals surface area contributed by atoms with Crippen molar-refractivity contribution in [3.05, 3.63) is 421 Å². The molecule has 25 aromatic rings. The number of nitrogens with two attached hydrogens (primary N) is 1. The van der Waals surface area contributed by atoms with Gasteiger partial charge in [0.25, 0.3) is 5.69 Å². The van der Waals surface area contributed by atoms with Crippen LogP contribution in [0.4, 0.5) is 24.5 Å². The van der Waals surface area contributed by atoms with Crippen molar-refractivity contribution < 1.29 is 33.1 Å². The summed E-state index contributed by atoms with van der Waals surface area (Å²) in [6, 6.07) is 115. The third kappa shape index (κ3) is 16.8. The average molecular weight is 1800 g/mol. The Kier molecular flexibility index (Phi) is 22.5. The van der Waals surface area contributed by atoms with Crippen LogP contribution < -0.4 is 5.73 Å². The molecule has 137 heavy (non-hydrogen) atoms. The van der Waals surface area contributed by atoms with Gasteiger partial charge in [-0.3, -0.25) is 10.1 Å². The first-order valence-corrected chi connectivity index (χ1v) is 44.1. The van der Waals surface area contributed by atoms with E-state index < -0.39 is 10.9 Å². The van der Waals surface area contributed by atoms with E-state index in [1.807, 2.05) is 196 Å². The summed E-state index contributed by atoms with van der Waals surface area (Å²) in [5, 5.41) is 42.3. The number of non-ortho nitro benzene ring substituents is 1. The van der Waals surface area contributed by atoms with E-state index in [1.165, 1.54) is 64.0 Å². The van der Waals surface area contributed by atoms with Gasteiger partial charge >= 0.3 is 5.97 Å². The minimum atomic E-state index is -0.932. The molecule has 0 aliphatic heterocycles. The van der Waals surface area contributed by atoms with Crippen molar-refractivity contribution in [3.63, 3.8) is 0 Å². The van der Waals surface area contributed by atoms with Crippen LogP contribution >= 0.6 is 0 Å². The Balaban J connectivity index is 0.000000102. The zero-order valence-electron chi connectivity index (χ0n) is 73.3. The van der Waals surface area contributed by atoms with Gasteiger partial charge < -0.3 is 55.8 Å². The number of phenolic OH excluding ortho intramolecular Hbond substituents is 1. The van der Waals surface area contributed by atoms with E-state index in [0.29, 0.717) is 16.9 Å². The SMILES string of the molecule is Cc1[nH]c2ccc(N)cc2c1-c1nc(-c2ccccc2)c(-c2ccc(F)cc2)[nH]1.Cc1[nH]c2ccc([N+](=O)[O-])cc2c1-c1nc(-c2ccccc2)c(-c2ccc(F)cc2)[nH]1.Fc1ccc(-c2[nH]c(-c3ccc4[nH]ccc4c3)nc2-c2ccccc2)cc1.O=C(O)c1ccc(-c2nc3c4ccccc4c4ccccc4c3[nH]2)cc1.Oc1cccc(-c2nc3c4ccccc4c4ccccc4c3[nH]2)c1. The van der Waals surface area contributed by atoms with Crippen LogP contribution in [0, 0.1) is 41.4 Å². The van der Waals surface area contributed by atoms with Crippen molar-refractivity contribution >= 4 is 115 Å². The number of nitro benzene ring substituents is 1. The monoisotopic (exact) mass is 1800 g/mol. The summed E-state index contributed by atoms with van der Waals surface area (Å²) >= 11 is 0. The molecule has 0 radical (unpaired) electrons. The molecule has 0 aliphatic rings. The van der Waals surface area contributed by atoms with E-state index in [9.17, 15) is 33.2 Å². The number of carbonyl (C=O) groups is 1. The Morgan fingerprint density at radius 2 is 0.693 bits per heavy atom. The van der Waals surface area contributed by atoms with Crippen LogP contribution in [-0.2, 0) is 0 Å². The molecule has 8 aromatic heterocycles. The van der Waals surface area contributed by atoms with Gasteiger partial charge in [-0.25, -0.2) is 42.9 Å². The number of hydrogen-bond acceptors (Lipinski definition) is 10. The minimum Gasteiger partial charge on any atom is -0.508 e. The van der Waals surface area contributed by atoms with Gasteiger partial charge in [0.1, 0.15) is 52.3 Å². The molecular formula is C114H80F3N15O5. The number of aromatic carboxylic acids is 1. The molecule has 0 saturated heterocycles. The highest BCUT2D eigenvalue weighted by atomic mass is 19.1. The molecule has 0 saturated carbocycles. The van der Waals surface area contributed by atoms with Crippen LogP contribution in [0.1, 0.15) is 21.7 Å². The van der Waals surface area contributed by atoms with E-state index in [0.717, 1.165) is 201 Å². The Bertz CT molecular complexity index is 8720. The van der Waals surface area contributed by atoms with E-state index in [1.54, 1.807) is 84.9 Å². The number of H-pyrrole nitrogens is 8. The molecule has 0 bridgehead atoms. The number of imidazole rings is 5. The lowest BCUT2D eigenvalue weighted by atomic mass is 10.0. The number of phenols is 1. The topological polar surface area (TPSA) is 317 Å². The summed E-state index contributed by atoms with van der Waals surface area (Å²) in [6.45, 7) is 3.93. The fourth-order valence-electron chi connectivity index (χ4n) is 17.9. The molecule has 8 heterocycles. The predicted molar refractivity (Wildman–Crippen MR) is 542 cm³/mol. The van der Waals surface area contributed by atoms with Gasteiger partial charge in [0, 0.05) is 151 Å². The standard InChI is InChI=1S/C24H17FN4O2.C24H19FN4.C23H16FN3.C22H14N2O2.C21H14N2O/c1-14-21(19-13-18(29(30)31)11-12-20(19)26-14)24-27-22(15-5-3-2-4-6-15)23(28-24)16-7-9-17(25)10-8-16;1-14-21(19-13-18(26)11-12-20(19)27-14)24-28-22(15-5-3-2-4-6-15)23(29-24)16-7-9-17(25)10-8-16;24-19-9-6-16(7-10-19)22-21(15-4-2-1-3-5-15)26-23(27-22)18-8-11-20-17(14-18)12-13-25-20;25-22(26)14-11-9-13(10-12-14)21-23-19-17-7-3-1-5-15(17)16-6-2-4-8-18(16)20(19)24-21;24-14-7-5-6-13(12-14)21-22-19-17-10-3-1-8-15(17)16-9-2-4-11-18(16)20(19)23-21/h2-13,26H,1H3,(H,27,28);2-13,27H,26H2,1H3,(H,28,29);1-14,25H,(H,26,27);1-12H,(H,23,24)(H,25,26);1-12,24H,(H,22,23). The molecular weight excluding hydrogens is 1720 g/mol. The predicted octanol–water partition coefficient (Wildman–Crippen LogP) is 28.7. The summed E-state index contributed by atoms with van der Waals surface area (Å²) in [4.78, 5) is 73.4. The van der Waals surface area contributed by atoms with Crippen molar-refractivity contribution in [3.8, 4) is 130 Å². The lowest BCUT2D eigenvalue weighted by Gasteiger charge is -2.05. The first-order valence-electron chi connectivity index (χ1n) is 44.1. The van der Waals surface area contributed by atoms with Crippen molar-refractivity contribution in [2.24, 2.45) is 0 Å². The molecule has 0 fully saturated rings. The number of aromatic amines is 8. The third-order valence-corrected chi connectivity index (χ3v) is 24.4. The van der Waals surface area contributed by atoms with Gasteiger partial charge in [0.2, 0.25) is 0 Å². The largest absolute Gasteiger partial charge is 0.508 e. The summed E-state index contributed by atoms with van der Waals surface area (Å²) in [7, 11) is 0. The van der Waals surface area contributed by atoms with Gasteiger partial charge in [0.15, 0.2) is 0 Å². The van der Waals surface area contributed by atoms with Crippen LogP contribution in [0.2, 0.25) is 0 Å². The summed E-state index contributed by atoms with van der Waals surface area (Å²) in [5.74, 6) is 2.10. The highest BCUT2D eigenvalue weighted by Crippen LogP contribution is 2.44. The molecule has 662 valence electrons. The minimum absolute atomic E-state index is 0.0151. The van der Waals surface area contributed by atoms with Crippen LogP contribution in [0.25, 0.3) is 222 Å². The zero-order chi connectivity index (χ0) is 93.5. The number of nitrogens with zero attached hydrogens (tertiary/aromatic N) is 6. The number of carboxylic acids is 1. The molecule has 0 atom stereocenters. The van der Waals surface area contributed by atoms with Crippen LogP contribution in [0.15, 0.2) is 376 Å². The van der Waals surface area contributed by atoms with Gasteiger partial charge in [-0.15, -0.1) is 0 Å². The highest BCUT2D eigenvalue weighted by Gasteiger charge is 2.26. The number of carboxylic acid groups (broad SMARTS) is 1. The number of aromatic nitrogens is 13. The fraction of sp³-hybridized carbons (Fsp3) is 0.0175. The Morgan fingerprint density at radius 1 is 0.328 bits per heavy atom. The zero-order valence-corrected chi connectivity index (χ0v) is 73.3. The molecule has 25 rings (SSSR count). The number of rotatable bonds is 13. The first kappa shape index (κ1) is 85.0. The molecule has 17 aromatic carbocycles. The Labute approximate surface area is 779 Å². The second-order valence-electron chi connectivity index (χ2n) is 33.1. The summed E-state index contributed by atoms with van der Waals surface area (Å²) < 4.78 is 40.4. The van der Waals surface area contributed by atoms with Crippen LogP contribution in [-0.4, -0.2) is 85.9 Å². The number of hydrogen-bond donors (Lipinski definition) is 11. The van der Waals surface area contributed by atoms with Crippen molar-refractivity contribution in [1.82, 2.24) is 64.8 Å². The number of aromatic hydroxyl groups is 1. The highest BCUT2D eigenvalue weighted by molar-refractivity contribution is 6.25. The quantitative estimate of drug-likeness (QED) is 0.0223. The number of halogens is 3. The average Bonchev–Trinajstić information content (AvgIpc) is 1.64. The number of nitrogen functional groups attached to an aromatic ring is 1. The Morgan fingerprint density at radius 3 is 1.15 bits per heavy atom. The van der Waals surface area contributed by atoms with Gasteiger partial charge in [0.05, 0.1) is 66.7 Å². The fourth-order valence-corrected chi connectivity index (χ4v) is 17.9. The summed E-state index contributed by atoms with van der Waals surface area (Å²) in [5.41, 5.74) is 30.5. The lowest BCUT2D eigenvalue weighted by Crippen LogP contribution is -1.95. The summed E-state index contributed by atoms with van der Waals surface area (Å²) in [6.07, 6.45) is 1.93. The van der Waals surface area contributed by atoms with Crippen molar-refractivity contribution in [2.45, 2.75) is 13.8 Å².